The maximum Gasteiger partial charge on any atom is 0.310 e. The van der Waals surface area contributed by atoms with Gasteiger partial charge in [0.05, 0.1) is 18.1 Å². The van der Waals surface area contributed by atoms with Gasteiger partial charge < -0.3 is 15.2 Å². The van der Waals surface area contributed by atoms with Gasteiger partial charge in [0.25, 0.3) is 0 Å². The lowest BCUT2D eigenvalue weighted by molar-refractivity contribution is -0.152. The summed E-state index contributed by atoms with van der Waals surface area (Å²) in [4.78, 5) is 11.8. The molecule has 108 valence electrons. The second-order valence-electron chi connectivity index (χ2n) is 6.83. The van der Waals surface area contributed by atoms with Gasteiger partial charge in [0.15, 0.2) is 0 Å². The molecular weight excluding hydrogens is 230 g/mol. The van der Waals surface area contributed by atoms with E-state index < -0.39 is 0 Å². The van der Waals surface area contributed by atoms with Gasteiger partial charge in [-0.25, -0.2) is 0 Å². The van der Waals surface area contributed by atoms with Crippen molar-refractivity contribution >= 4 is 5.97 Å². The lowest BCUT2D eigenvalue weighted by Gasteiger charge is -2.24. The molecule has 0 bridgehead atoms. The molecule has 1 atom stereocenters. The number of hydrogen-bond acceptors (Lipinski definition) is 4. The van der Waals surface area contributed by atoms with E-state index in [1.54, 1.807) is 0 Å². The molecule has 0 rings (SSSR count). The van der Waals surface area contributed by atoms with Gasteiger partial charge in [-0.1, -0.05) is 20.8 Å². The third kappa shape index (κ3) is 9.42. The molecule has 0 radical (unpaired) electrons. The molecule has 4 nitrogen and oxygen atoms in total. The van der Waals surface area contributed by atoms with Crippen LogP contribution in [0.1, 0.15) is 48.0 Å². The Labute approximate surface area is 111 Å². The highest BCUT2D eigenvalue weighted by Gasteiger charge is 2.25. The van der Waals surface area contributed by atoms with Crippen molar-refractivity contribution in [1.29, 1.82) is 0 Å². The largest absolute Gasteiger partial charge is 0.463 e. The highest BCUT2D eigenvalue weighted by molar-refractivity contribution is 5.72. The number of carbonyl (C=O) groups is 1. The van der Waals surface area contributed by atoms with E-state index in [0.29, 0.717) is 13.2 Å². The number of nitrogens with two attached hydrogens (primary N) is 1. The monoisotopic (exact) mass is 259 g/mol. The third-order valence-electron chi connectivity index (χ3n) is 2.34. The molecule has 0 fully saturated rings. The van der Waals surface area contributed by atoms with E-state index >= 15 is 0 Å². The molecule has 0 heterocycles. The Bertz CT molecular complexity index is 251. The van der Waals surface area contributed by atoms with Crippen LogP contribution in [0.4, 0.5) is 0 Å². The summed E-state index contributed by atoms with van der Waals surface area (Å²) in [5.74, 6) is -0.440. The Morgan fingerprint density at radius 3 is 2.06 bits per heavy atom. The van der Waals surface area contributed by atoms with Crippen LogP contribution in [-0.2, 0) is 14.3 Å². The second-order valence-corrected chi connectivity index (χ2v) is 6.83. The molecule has 0 saturated carbocycles. The van der Waals surface area contributed by atoms with Gasteiger partial charge >= 0.3 is 5.97 Å². The Morgan fingerprint density at radius 2 is 1.67 bits per heavy atom. The Kier molecular flexibility index (Phi) is 6.86. The maximum atomic E-state index is 11.8. The lowest BCUT2D eigenvalue weighted by atomic mass is 9.85. The molecule has 4 heteroatoms. The molecule has 0 aliphatic carbocycles. The first-order valence-electron chi connectivity index (χ1n) is 6.56. The predicted molar refractivity (Wildman–Crippen MR) is 73.3 cm³/mol. The number of carbonyl (C=O) groups excluding carboxylic acids is 1. The number of esters is 1. The first-order chi connectivity index (χ1) is 8.05. The van der Waals surface area contributed by atoms with Gasteiger partial charge in [-0.2, -0.15) is 0 Å². The predicted octanol–water partition coefficient (Wildman–Crippen LogP) is 2.36. The Morgan fingerprint density at radius 1 is 1.11 bits per heavy atom. The van der Waals surface area contributed by atoms with Crippen molar-refractivity contribution in [3.8, 4) is 0 Å². The van der Waals surface area contributed by atoms with Crippen LogP contribution in [0.25, 0.3) is 0 Å². The molecule has 0 amide bonds. The molecule has 0 spiro atoms. The zero-order valence-corrected chi connectivity index (χ0v) is 12.7. The van der Waals surface area contributed by atoms with Gasteiger partial charge in [0, 0.05) is 6.54 Å². The molecule has 1 unspecified atom stereocenters. The Balaban J connectivity index is 3.99. The fourth-order valence-electron chi connectivity index (χ4n) is 1.61. The molecular formula is C14H29NO3. The fraction of sp³-hybridized carbons (Fsp3) is 0.929. The zero-order chi connectivity index (χ0) is 14.4. The SMILES string of the molecule is CC(C)(C)CC(CN)C(=O)OCCOC(C)(C)C. The van der Waals surface area contributed by atoms with Crippen molar-refractivity contribution in [1.82, 2.24) is 0 Å². The topological polar surface area (TPSA) is 61.6 Å². The van der Waals surface area contributed by atoms with Crippen LogP contribution >= 0.6 is 0 Å². The van der Waals surface area contributed by atoms with E-state index in [9.17, 15) is 4.79 Å². The smallest absolute Gasteiger partial charge is 0.310 e. The standard InChI is InChI=1S/C14H29NO3/c1-13(2,3)9-11(10-15)12(16)17-7-8-18-14(4,5)6/h11H,7-10,15H2,1-6H3. The van der Waals surface area contributed by atoms with Gasteiger partial charge in [-0.15, -0.1) is 0 Å². The van der Waals surface area contributed by atoms with Crippen molar-refractivity contribution in [2.75, 3.05) is 19.8 Å². The second kappa shape index (κ2) is 7.10. The molecule has 0 aliphatic rings. The summed E-state index contributed by atoms with van der Waals surface area (Å²) in [5.41, 5.74) is 5.49. The number of hydrogen-bond donors (Lipinski definition) is 1. The van der Waals surface area contributed by atoms with Gasteiger partial charge in [0.1, 0.15) is 6.61 Å². The highest BCUT2D eigenvalue weighted by atomic mass is 16.6. The summed E-state index contributed by atoms with van der Waals surface area (Å²) in [6.45, 7) is 13.2. The van der Waals surface area contributed by atoms with Crippen LogP contribution in [0.3, 0.4) is 0 Å². The van der Waals surface area contributed by atoms with Gasteiger partial charge in [0.2, 0.25) is 0 Å². The van der Waals surface area contributed by atoms with Crippen LogP contribution in [0.5, 0.6) is 0 Å². The van der Waals surface area contributed by atoms with E-state index in [4.69, 9.17) is 15.2 Å². The summed E-state index contributed by atoms with van der Waals surface area (Å²) in [6, 6.07) is 0. The van der Waals surface area contributed by atoms with Crippen LogP contribution < -0.4 is 5.73 Å². The van der Waals surface area contributed by atoms with Crippen molar-refractivity contribution in [3.63, 3.8) is 0 Å². The molecule has 0 aromatic heterocycles. The first-order valence-corrected chi connectivity index (χ1v) is 6.56. The summed E-state index contributed by atoms with van der Waals surface area (Å²) < 4.78 is 10.7. The average molecular weight is 259 g/mol. The van der Waals surface area contributed by atoms with E-state index in [1.165, 1.54) is 0 Å². The summed E-state index contributed by atoms with van der Waals surface area (Å²) in [7, 11) is 0. The summed E-state index contributed by atoms with van der Waals surface area (Å²) >= 11 is 0. The highest BCUT2D eigenvalue weighted by Crippen LogP contribution is 2.24. The molecule has 0 aromatic carbocycles. The quantitative estimate of drug-likeness (QED) is 0.587. The normalized spacial score (nSPS) is 14.4. The van der Waals surface area contributed by atoms with E-state index in [1.807, 2.05) is 20.8 Å². The number of rotatable bonds is 6. The molecule has 0 aliphatic heterocycles. The van der Waals surface area contributed by atoms with Crippen molar-refractivity contribution in [3.05, 3.63) is 0 Å². The first kappa shape index (κ1) is 17.4. The molecule has 0 saturated heterocycles. The van der Waals surface area contributed by atoms with E-state index in [0.717, 1.165) is 6.42 Å². The fourth-order valence-corrected chi connectivity index (χ4v) is 1.61. The maximum absolute atomic E-state index is 11.8. The molecule has 18 heavy (non-hydrogen) atoms. The van der Waals surface area contributed by atoms with Crippen LogP contribution in [-0.4, -0.2) is 31.3 Å². The van der Waals surface area contributed by atoms with Gasteiger partial charge in [-0.05, 0) is 32.6 Å². The van der Waals surface area contributed by atoms with Crippen LogP contribution in [0.15, 0.2) is 0 Å². The molecule has 2 N–H and O–H groups in total. The van der Waals surface area contributed by atoms with Crippen molar-refractivity contribution < 1.29 is 14.3 Å². The minimum absolute atomic E-state index is 0.0744. The minimum atomic E-state index is -0.223. The van der Waals surface area contributed by atoms with E-state index in [-0.39, 0.29) is 29.5 Å². The Hall–Kier alpha value is -0.610. The number of ether oxygens (including phenoxy) is 2. The minimum Gasteiger partial charge on any atom is -0.463 e. The van der Waals surface area contributed by atoms with Crippen molar-refractivity contribution in [2.24, 2.45) is 17.1 Å². The third-order valence-corrected chi connectivity index (χ3v) is 2.34. The molecule has 0 aromatic rings. The zero-order valence-electron chi connectivity index (χ0n) is 12.7. The summed E-state index contributed by atoms with van der Waals surface area (Å²) in [6.07, 6.45) is 0.739. The van der Waals surface area contributed by atoms with Gasteiger partial charge in [-0.3, -0.25) is 4.79 Å². The lowest BCUT2D eigenvalue weighted by Crippen LogP contribution is -2.31. The van der Waals surface area contributed by atoms with Crippen LogP contribution in [0.2, 0.25) is 0 Å². The van der Waals surface area contributed by atoms with Crippen LogP contribution in [0, 0.1) is 11.3 Å². The summed E-state index contributed by atoms with van der Waals surface area (Å²) in [5, 5.41) is 0. The van der Waals surface area contributed by atoms with Crippen molar-refractivity contribution in [2.45, 2.75) is 53.6 Å². The average Bonchev–Trinajstić information content (AvgIpc) is 2.18. The van der Waals surface area contributed by atoms with E-state index in [2.05, 4.69) is 20.8 Å².